The highest BCUT2D eigenvalue weighted by molar-refractivity contribution is 7.99. The number of carbonyl (C=O) groups is 4. The average molecular weight is 1020 g/mol. The maximum atomic E-state index is 13.1. The van der Waals surface area contributed by atoms with E-state index in [9.17, 15) is 19.2 Å². The van der Waals surface area contributed by atoms with Gasteiger partial charge in [-0.2, -0.15) is 4.98 Å². The summed E-state index contributed by atoms with van der Waals surface area (Å²) in [6, 6.07) is 19.2. The summed E-state index contributed by atoms with van der Waals surface area (Å²) >= 11 is 8.10. The van der Waals surface area contributed by atoms with E-state index in [2.05, 4.69) is 55.5 Å². The van der Waals surface area contributed by atoms with Crippen molar-refractivity contribution in [2.75, 3.05) is 121 Å². The van der Waals surface area contributed by atoms with Gasteiger partial charge in [0.05, 0.1) is 78.5 Å². The number of imide groups is 1. The Morgan fingerprint density at radius 1 is 0.843 bits per heavy atom. The highest BCUT2D eigenvalue weighted by atomic mass is 35.5. The van der Waals surface area contributed by atoms with Crippen molar-refractivity contribution in [2.24, 2.45) is 0 Å². The molecule has 2 fully saturated rings. The summed E-state index contributed by atoms with van der Waals surface area (Å²) in [5, 5.41) is 13.7. The number of rotatable bonds is 27. The minimum absolute atomic E-state index is 0.0313. The lowest BCUT2D eigenvalue weighted by Crippen LogP contribution is -2.52. The highest BCUT2D eigenvalue weighted by Gasteiger charge is 2.40. The lowest BCUT2D eigenvalue weighted by Gasteiger charge is -2.34. The first-order valence-corrected chi connectivity index (χ1v) is 27.0. The number of hydrogen-bond acceptors (Lipinski definition) is 16. The van der Waals surface area contributed by atoms with Gasteiger partial charge in [0, 0.05) is 65.7 Å². The van der Waals surface area contributed by atoms with Crippen molar-refractivity contribution in [2.45, 2.75) is 49.2 Å². The number of amides is 4. The van der Waals surface area contributed by atoms with Crippen LogP contribution in [0.3, 0.4) is 0 Å². The van der Waals surface area contributed by atoms with Crippen molar-refractivity contribution in [1.29, 1.82) is 0 Å². The standard InChI is InChI=1S/C49H62ClN8O10PS/c1-63-41-29-34(11-12-38(41)54-49-51-30-37(50)46(56-49)53-39-8-4-5-9-42(39)69(2)3)57-17-15-33(16-18-57)52-45(60)32-68-26-25-66-22-21-64-19-20-65-23-24-67-27-28-70-43-10-6-7-35-36(43)31-58(48(35)62)40-13-14-44(59)55-47(40)61/h4-12,29-30,33,40H,13-28,31-32H2,1-3H3,(H,52,60)(H,55,59,61)(H2,51,53,54,56). The first-order valence-electron chi connectivity index (χ1n) is 23.4. The SMILES string of the molecule is COc1cc(N2CCC(NC(=O)COCCOCCOCCOCCOCCSc3cccc4c3CN(C3CCC(=O)NC3=O)C4=O)CC2)ccc1Nc1ncc(Cl)c(Nc2ccccc2P(C)C)n1. The van der Waals surface area contributed by atoms with Gasteiger partial charge in [-0.15, -0.1) is 11.8 Å². The number of anilines is 5. The Morgan fingerprint density at radius 2 is 1.54 bits per heavy atom. The third-order valence-electron chi connectivity index (χ3n) is 11.8. The van der Waals surface area contributed by atoms with Gasteiger partial charge in [0.15, 0.2) is 5.82 Å². The van der Waals surface area contributed by atoms with Crippen molar-refractivity contribution in [3.05, 3.63) is 83.0 Å². The number of fused-ring (bicyclic) bond motifs is 1. The van der Waals surface area contributed by atoms with Gasteiger partial charge in [0.2, 0.25) is 23.7 Å². The predicted octanol–water partition coefficient (Wildman–Crippen LogP) is 5.71. The number of benzene rings is 3. The summed E-state index contributed by atoms with van der Waals surface area (Å²) in [6.45, 7) is 9.98. The van der Waals surface area contributed by atoms with E-state index < -0.39 is 11.9 Å². The Labute approximate surface area is 419 Å². The minimum atomic E-state index is -0.633. The van der Waals surface area contributed by atoms with Gasteiger partial charge < -0.3 is 54.2 Å². The first-order chi connectivity index (χ1) is 34.1. The fraction of sp³-hybridized carbons (Fsp3) is 0.469. The van der Waals surface area contributed by atoms with Crippen molar-refractivity contribution in [1.82, 2.24) is 25.5 Å². The zero-order chi connectivity index (χ0) is 49.2. The normalized spacial score (nSPS) is 16.1. The molecule has 0 saturated carbocycles. The second-order valence-electron chi connectivity index (χ2n) is 16.8. The van der Waals surface area contributed by atoms with E-state index in [1.165, 1.54) is 5.30 Å². The zero-order valence-corrected chi connectivity index (χ0v) is 42.3. The molecule has 0 aliphatic carbocycles. The van der Waals surface area contributed by atoms with E-state index in [0.717, 1.165) is 53.5 Å². The van der Waals surface area contributed by atoms with E-state index in [1.54, 1.807) is 36.0 Å². The summed E-state index contributed by atoms with van der Waals surface area (Å²) in [5.41, 5.74) is 4.21. The number of carbonyl (C=O) groups excluding carboxylic acids is 4. The van der Waals surface area contributed by atoms with Crippen LogP contribution in [0.5, 0.6) is 5.75 Å². The first kappa shape index (κ1) is 52.7. The van der Waals surface area contributed by atoms with Crippen LogP contribution in [0.15, 0.2) is 71.8 Å². The molecule has 3 aliphatic heterocycles. The Kier molecular flexibility index (Phi) is 20.3. The second kappa shape index (κ2) is 26.9. The maximum absolute atomic E-state index is 13.1. The third kappa shape index (κ3) is 15.0. The largest absolute Gasteiger partial charge is 0.494 e. The van der Waals surface area contributed by atoms with E-state index in [1.807, 2.05) is 48.5 Å². The molecular formula is C49H62ClN8O10PS. The number of thioether (sulfide) groups is 1. The molecule has 0 spiro atoms. The molecule has 1 aromatic heterocycles. The number of methoxy groups -OCH3 is 1. The molecule has 18 nitrogen and oxygen atoms in total. The molecule has 1 atom stereocenters. The van der Waals surface area contributed by atoms with E-state index in [4.69, 9.17) is 40.0 Å². The quantitative estimate of drug-likeness (QED) is 0.0244. The molecule has 2 saturated heterocycles. The molecule has 0 radical (unpaired) electrons. The summed E-state index contributed by atoms with van der Waals surface area (Å²) < 4.78 is 33.8. The zero-order valence-electron chi connectivity index (χ0n) is 39.8. The molecule has 1 unspecified atom stereocenters. The van der Waals surface area contributed by atoms with Crippen LogP contribution in [0.1, 0.15) is 41.6 Å². The molecule has 21 heteroatoms. The molecule has 70 heavy (non-hydrogen) atoms. The summed E-state index contributed by atoms with van der Waals surface area (Å²) in [7, 11) is 1.29. The summed E-state index contributed by atoms with van der Waals surface area (Å²) in [5.74, 6) is 1.19. The number of nitrogens with zero attached hydrogens (tertiary/aromatic N) is 4. The molecule has 4 N–H and O–H groups in total. The Bertz CT molecular complexity index is 2410. The predicted molar refractivity (Wildman–Crippen MR) is 272 cm³/mol. The molecule has 3 aliphatic rings. The lowest BCUT2D eigenvalue weighted by atomic mass is 10.0. The number of aromatic nitrogens is 2. The summed E-state index contributed by atoms with van der Waals surface area (Å²) in [4.78, 5) is 63.5. The third-order valence-corrected chi connectivity index (χ3v) is 14.5. The van der Waals surface area contributed by atoms with Crippen LogP contribution in [-0.4, -0.2) is 156 Å². The van der Waals surface area contributed by atoms with Crippen LogP contribution in [0.25, 0.3) is 0 Å². The van der Waals surface area contributed by atoms with Crippen molar-refractivity contribution in [3.8, 4) is 5.75 Å². The second-order valence-corrected chi connectivity index (χ2v) is 20.6. The van der Waals surface area contributed by atoms with Crippen LogP contribution in [0, 0.1) is 0 Å². The van der Waals surface area contributed by atoms with Crippen LogP contribution in [0.2, 0.25) is 5.02 Å². The van der Waals surface area contributed by atoms with Gasteiger partial charge >= 0.3 is 0 Å². The van der Waals surface area contributed by atoms with Crippen LogP contribution in [-0.2, 0) is 44.6 Å². The molecule has 4 amide bonds. The molecule has 4 aromatic rings. The lowest BCUT2D eigenvalue weighted by molar-refractivity contribution is -0.137. The van der Waals surface area contributed by atoms with Crippen LogP contribution in [0.4, 0.5) is 28.8 Å². The number of halogens is 1. The molecule has 7 rings (SSSR count). The number of piperidine rings is 2. The topological polar surface area (TPSA) is 204 Å². The number of ether oxygens (including phenoxy) is 6. The van der Waals surface area contributed by atoms with Gasteiger partial charge in [-0.3, -0.25) is 24.5 Å². The maximum Gasteiger partial charge on any atom is 0.255 e. The van der Waals surface area contributed by atoms with E-state index >= 15 is 0 Å². The van der Waals surface area contributed by atoms with Gasteiger partial charge in [-0.05, 0) is 73.8 Å². The van der Waals surface area contributed by atoms with Crippen molar-refractivity contribution < 1.29 is 47.6 Å². The molecule has 3 aromatic carbocycles. The molecular weight excluding hydrogens is 959 g/mol. The smallest absolute Gasteiger partial charge is 0.255 e. The van der Waals surface area contributed by atoms with Gasteiger partial charge in [-0.25, -0.2) is 4.98 Å². The molecule has 0 bridgehead atoms. The number of hydrogen-bond donors (Lipinski definition) is 4. The van der Waals surface area contributed by atoms with Gasteiger partial charge in [0.25, 0.3) is 5.91 Å². The Hall–Kier alpha value is -5.11. The van der Waals surface area contributed by atoms with Crippen LogP contribution < -0.4 is 36.2 Å². The molecule has 4 heterocycles. The fourth-order valence-corrected chi connectivity index (χ4v) is 10.3. The number of nitrogens with one attached hydrogen (secondary N) is 4. The van der Waals surface area contributed by atoms with E-state index in [0.29, 0.717) is 106 Å². The molecule has 376 valence electrons. The fourth-order valence-electron chi connectivity index (χ4n) is 8.21. The average Bonchev–Trinajstić information content (AvgIpc) is 3.69. The van der Waals surface area contributed by atoms with Gasteiger partial charge in [-0.1, -0.05) is 43.8 Å². The minimum Gasteiger partial charge on any atom is -0.494 e. The Balaban J connectivity index is 0.678. The van der Waals surface area contributed by atoms with E-state index in [-0.39, 0.29) is 44.7 Å². The Morgan fingerprint density at radius 3 is 2.24 bits per heavy atom. The van der Waals surface area contributed by atoms with Gasteiger partial charge in [0.1, 0.15) is 23.4 Å². The number of para-hydroxylation sites is 1. The monoisotopic (exact) mass is 1020 g/mol. The van der Waals surface area contributed by atoms with Crippen molar-refractivity contribution >= 4 is 89.0 Å². The summed E-state index contributed by atoms with van der Waals surface area (Å²) in [6.07, 6.45) is 3.73. The highest BCUT2D eigenvalue weighted by Crippen LogP contribution is 2.36. The van der Waals surface area contributed by atoms with Crippen LogP contribution >= 0.6 is 31.3 Å². The van der Waals surface area contributed by atoms with Crippen molar-refractivity contribution in [3.63, 3.8) is 0 Å².